The maximum Gasteiger partial charge on any atom is 0.234 e. The molecule has 0 heterocycles. The van der Waals surface area contributed by atoms with Crippen molar-refractivity contribution in [3.8, 4) is 0 Å². The molecule has 2 aromatic carbocycles. The molecule has 3 N–H and O–H groups in total. The van der Waals surface area contributed by atoms with Crippen LogP contribution < -0.4 is 16.0 Å². The number of anilines is 3. The summed E-state index contributed by atoms with van der Waals surface area (Å²) in [5, 5.41) is 8.33. The van der Waals surface area contributed by atoms with Crippen LogP contribution in [0.4, 0.5) is 17.1 Å². The molecule has 0 aliphatic carbocycles. The van der Waals surface area contributed by atoms with Gasteiger partial charge in [0.15, 0.2) is 0 Å². The van der Waals surface area contributed by atoms with Crippen molar-refractivity contribution in [3.63, 3.8) is 0 Å². The standard InChI is InChI=1S/C20H22BrN3O3S/c1-13(2)20(27)24-16-8-6-15(7-9-16)22-18(25)11-28-12-19(26)23-17-5-3-4-14(21)10-17/h3-10,13H,11-12H2,1-2H3,(H,22,25)(H,23,26)(H,24,27). The predicted octanol–water partition coefficient (Wildman–Crippen LogP) is 4.35. The molecule has 2 aromatic rings. The van der Waals surface area contributed by atoms with Crippen LogP contribution in [0, 0.1) is 5.92 Å². The van der Waals surface area contributed by atoms with Gasteiger partial charge in [-0.3, -0.25) is 14.4 Å². The largest absolute Gasteiger partial charge is 0.326 e. The van der Waals surface area contributed by atoms with E-state index in [1.165, 1.54) is 11.8 Å². The van der Waals surface area contributed by atoms with Crippen molar-refractivity contribution in [1.29, 1.82) is 0 Å². The second-order valence-corrected chi connectivity index (χ2v) is 8.22. The van der Waals surface area contributed by atoms with Crippen LogP contribution in [0.25, 0.3) is 0 Å². The van der Waals surface area contributed by atoms with E-state index in [0.29, 0.717) is 17.1 Å². The first-order valence-electron chi connectivity index (χ1n) is 8.67. The molecule has 0 atom stereocenters. The van der Waals surface area contributed by atoms with Crippen LogP contribution in [0.2, 0.25) is 0 Å². The third-order valence-corrected chi connectivity index (χ3v) is 4.96. The normalized spacial score (nSPS) is 10.4. The Morgan fingerprint density at radius 1 is 0.857 bits per heavy atom. The van der Waals surface area contributed by atoms with Crippen LogP contribution >= 0.6 is 27.7 Å². The molecule has 0 bridgehead atoms. The van der Waals surface area contributed by atoms with Crippen molar-refractivity contribution < 1.29 is 14.4 Å². The molecule has 0 aliphatic heterocycles. The van der Waals surface area contributed by atoms with Gasteiger partial charge in [0.1, 0.15) is 0 Å². The first-order chi connectivity index (χ1) is 13.3. The van der Waals surface area contributed by atoms with Crippen LogP contribution in [0.5, 0.6) is 0 Å². The number of hydrogen-bond acceptors (Lipinski definition) is 4. The number of amides is 3. The van der Waals surface area contributed by atoms with Crippen molar-refractivity contribution >= 4 is 62.5 Å². The fourth-order valence-corrected chi connectivity index (χ4v) is 3.14. The van der Waals surface area contributed by atoms with Crippen LogP contribution in [-0.2, 0) is 14.4 Å². The minimum atomic E-state index is -0.195. The minimum absolute atomic E-state index is 0.0608. The van der Waals surface area contributed by atoms with Gasteiger partial charge < -0.3 is 16.0 Å². The highest BCUT2D eigenvalue weighted by atomic mass is 79.9. The minimum Gasteiger partial charge on any atom is -0.326 e. The molecule has 148 valence electrons. The number of rotatable bonds is 8. The van der Waals surface area contributed by atoms with Crippen LogP contribution in [0.3, 0.4) is 0 Å². The Kier molecular flexibility index (Phi) is 8.53. The van der Waals surface area contributed by atoms with E-state index >= 15 is 0 Å². The molecule has 0 saturated heterocycles. The summed E-state index contributed by atoms with van der Waals surface area (Å²) in [6.45, 7) is 3.64. The molecule has 6 nitrogen and oxygen atoms in total. The molecule has 0 aromatic heterocycles. The Bertz CT molecular complexity index is 841. The van der Waals surface area contributed by atoms with E-state index < -0.39 is 0 Å². The highest BCUT2D eigenvalue weighted by molar-refractivity contribution is 9.10. The average Bonchev–Trinajstić information content (AvgIpc) is 2.63. The van der Waals surface area contributed by atoms with Gasteiger partial charge in [-0.25, -0.2) is 0 Å². The molecular formula is C20H22BrN3O3S. The summed E-state index contributed by atoms with van der Waals surface area (Å²) in [5.74, 6) is -0.176. The molecule has 2 rings (SSSR count). The van der Waals surface area contributed by atoms with Gasteiger partial charge in [0.2, 0.25) is 17.7 Å². The molecule has 28 heavy (non-hydrogen) atoms. The average molecular weight is 464 g/mol. The molecule has 0 unspecified atom stereocenters. The lowest BCUT2D eigenvalue weighted by atomic mass is 10.2. The van der Waals surface area contributed by atoms with Crippen molar-refractivity contribution in [2.75, 3.05) is 27.5 Å². The van der Waals surface area contributed by atoms with Crippen LogP contribution in [0.1, 0.15) is 13.8 Å². The third-order valence-electron chi connectivity index (χ3n) is 3.54. The molecular weight excluding hydrogens is 442 g/mol. The second kappa shape index (κ2) is 10.9. The van der Waals surface area contributed by atoms with E-state index in [1.807, 2.05) is 32.0 Å². The van der Waals surface area contributed by atoms with E-state index in [-0.39, 0.29) is 35.1 Å². The van der Waals surface area contributed by atoms with Crippen molar-refractivity contribution in [2.24, 2.45) is 5.92 Å². The number of carbonyl (C=O) groups is 3. The van der Waals surface area contributed by atoms with Crippen LogP contribution in [-0.4, -0.2) is 29.2 Å². The Morgan fingerprint density at radius 2 is 1.39 bits per heavy atom. The summed E-state index contributed by atoms with van der Waals surface area (Å²) < 4.78 is 0.882. The lowest BCUT2D eigenvalue weighted by molar-refractivity contribution is -0.119. The summed E-state index contributed by atoms with van der Waals surface area (Å²) in [6, 6.07) is 14.2. The highest BCUT2D eigenvalue weighted by Crippen LogP contribution is 2.17. The van der Waals surface area contributed by atoms with Gasteiger partial charge in [-0.05, 0) is 42.5 Å². The molecule has 3 amide bonds. The maximum atomic E-state index is 12.0. The van der Waals surface area contributed by atoms with Crippen molar-refractivity contribution in [3.05, 3.63) is 53.0 Å². The fourth-order valence-electron chi connectivity index (χ4n) is 2.12. The van der Waals surface area contributed by atoms with E-state index in [2.05, 4.69) is 31.9 Å². The quantitative estimate of drug-likeness (QED) is 0.542. The highest BCUT2D eigenvalue weighted by Gasteiger charge is 2.09. The summed E-state index contributed by atoms with van der Waals surface area (Å²) in [7, 11) is 0. The Morgan fingerprint density at radius 3 is 1.93 bits per heavy atom. The van der Waals surface area contributed by atoms with Gasteiger partial charge in [0.25, 0.3) is 0 Å². The van der Waals surface area contributed by atoms with Gasteiger partial charge in [-0.2, -0.15) is 0 Å². The Hall–Kier alpha value is -2.32. The fraction of sp³-hybridized carbons (Fsp3) is 0.250. The van der Waals surface area contributed by atoms with E-state index in [1.54, 1.807) is 30.3 Å². The zero-order valence-corrected chi connectivity index (χ0v) is 18.0. The molecule has 8 heteroatoms. The van der Waals surface area contributed by atoms with E-state index in [0.717, 1.165) is 4.47 Å². The third kappa shape index (κ3) is 7.74. The Balaban J connectivity index is 1.72. The number of halogens is 1. The van der Waals surface area contributed by atoms with Gasteiger partial charge in [-0.1, -0.05) is 35.8 Å². The number of benzene rings is 2. The van der Waals surface area contributed by atoms with Gasteiger partial charge in [0, 0.05) is 27.5 Å². The Labute approximate surface area is 177 Å². The topological polar surface area (TPSA) is 87.3 Å². The summed E-state index contributed by atoms with van der Waals surface area (Å²) in [4.78, 5) is 35.6. The number of thioether (sulfide) groups is 1. The zero-order chi connectivity index (χ0) is 20.5. The van der Waals surface area contributed by atoms with Gasteiger partial charge in [0.05, 0.1) is 11.5 Å². The van der Waals surface area contributed by atoms with E-state index in [4.69, 9.17) is 0 Å². The first-order valence-corrected chi connectivity index (χ1v) is 10.6. The molecule has 0 radical (unpaired) electrons. The SMILES string of the molecule is CC(C)C(=O)Nc1ccc(NC(=O)CSCC(=O)Nc2cccc(Br)c2)cc1. The monoisotopic (exact) mass is 463 g/mol. The second-order valence-electron chi connectivity index (χ2n) is 6.32. The lowest BCUT2D eigenvalue weighted by Gasteiger charge is -2.09. The summed E-state index contributed by atoms with van der Waals surface area (Å²) in [5.41, 5.74) is 2.01. The van der Waals surface area contributed by atoms with Crippen molar-refractivity contribution in [2.45, 2.75) is 13.8 Å². The van der Waals surface area contributed by atoms with Gasteiger partial charge >= 0.3 is 0 Å². The first kappa shape index (κ1) is 22.0. The smallest absolute Gasteiger partial charge is 0.234 e. The summed E-state index contributed by atoms with van der Waals surface area (Å²) >= 11 is 4.58. The molecule has 0 fully saturated rings. The lowest BCUT2D eigenvalue weighted by Crippen LogP contribution is -2.19. The van der Waals surface area contributed by atoms with Crippen LogP contribution in [0.15, 0.2) is 53.0 Å². The summed E-state index contributed by atoms with van der Waals surface area (Å²) in [6.07, 6.45) is 0. The van der Waals surface area contributed by atoms with E-state index in [9.17, 15) is 14.4 Å². The molecule has 0 spiro atoms. The maximum absolute atomic E-state index is 12.0. The molecule has 0 aliphatic rings. The molecule has 0 saturated carbocycles. The number of hydrogen-bond donors (Lipinski definition) is 3. The van der Waals surface area contributed by atoms with Crippen molar-refractivity contribution in [1.82, 2.24) is 0 Å². The zero-order valence-electron chi connectivity index (χ0n) is 15.6. The van der Waals surface area contributed by atoms with Gasteiger partial charge in [-0.15, -0.1) is 11.8 Å². The number of carbonyl (C=O) groups excluding carboxylic acids is 3. The number of nitrogens with one attached hydrogen (secondary N) is 3. The predicted molar refractivity (Wildman–Crippen MR) is 119 cm³/mol.